The molecule has 0 spiro atoms. The monoisotopic (exact) mass is 515 g/mol. The third kappa shape index (κ3) is 5.79. The minimum Gasteiger partial charge on any atom is -0.504 e. The summed E-state index contributed by atoms with van der Waals surface area (Å²) in [5, 5.41) is 9.72. The number of pyridine rings is 1. The van der Waals surface area contributed by atoms with Crippen molar-refractivity contribution in [2.45, 2.75) is 56.2 Å². The summed E-state index contributed by atoms with van der Waals surface area (Å²) in [6, 6.07) is 5.65. The second-order valence-corrected chi connectivity index (χ2v) is 11.2. The van der Waals surface area contributed by atoms with E-state index in [0.717, 1.165) is 43.7 Å². The van der Waals surface area contributed by atoms with Crippen molar-refractivity contribution in [1.29, 1.82) is 0 Å². The average molecular weight is 516 g/mol. The third-order valence-electron chi connectivity index (χ3n) is 6.61. The zero-order chi connectivity index (χ0) is 24.5. The molecule has 0 unspecified atom stereocenters. The Labute approximate surface area is 203 Å². The quantitative estimate of drug-likeness (QED) is 0.580. The minimum atomic E-state index is -3.50. The van der Waals surface area contributed by atoms with Gasteiger partial charge in [0.15, 0.2) is 11.6 Å². The van der Waals surface area contributed by atoms with Gasteiger partial charge in [-0.3, -0.25) is 0 Å². The molecule has 0 radical (unpaired) electrons. The van der Waals surface area contributed by atoms with E-state index in [1.54, 1.807) is 17.0 Å². The number of nitrogens with one attached hydrogen (secondary N) is 1. The van der Waals surface area contributed by atoms with Crippen molar-refractivity contribution >= 4 is 27.4 Å². The molecule has 1 aromatic carbocycles. The van der Waals surface area contributed by atoms with Crippen molar-refractivity contribution in [2.24, 2.45) is 0 Å². The fourth-order valence-corrected chi connectivity index (χ4v) is 5.90. The highest BCUT2D eigenvalue weighted by atomic mass is 35.5. The number of ether oxygens (including phenoxy) is 1. The molecule has 2 aliphatic rings. The van der Waals surface area contributed by atoms with Gasteiger partial charge in [0.2, 0.25) is 15.8 Å². The Balaban J connectivity index is 1.44. The Morgan fingerprint density at radius 2 is 1.97 bits per heavy atom. The zero-order valence-corrected chi connectivity index (χ0v) is 20.3. The topological polar surface area (TPSA) is 91.8 Å². The van der Waals surface area contributed by atoms with Gasteiger partial charge >= 0.3 is 0 Å². The minimum absolute atomic E-state index is 0.0393. The van der Waals surface area contributed by atoms with Gasteiger partial charge in [0.05, 0.1) is 31.2 Å². The van der Waals surface area contributed by atoms with Crippen molar-refractivity contribution in [2.75, 3.05) is 24.3 Å². The number of rotatable bonds is 7. The van der Waals surface area contributed by atoms with Crippen LogP contribution in [0.1, 0.15) is 43.6 Å². The molecular weight excluding hydrogens is 488 g/mol. The SMILES string of the molecule is CS(=O)(=O)N[C@H]1CCN(c2ncc(Cl)c(O)c2F)[C@H]1COC1CCC(c2cccc(F)c2)CC1. The van der Waals surface area contributed by atoms with Crippen LogP contribution >= 0.6 is 11.6 Å². The summed E-state index contributed by atoms with van der Waals surface area (Å²) in [6.07, 6.45) is 5.91. The lowest BCUT2D eigenvalue weighted by Crippen LogP contribution is -2.48. The standard InChI is InChI=1S/C23H28ClF2N3O4S/c1-34(31,32)28-19-9-10-29(23-21(26)22(30)18(24)12-27-23)20(19)13-33-17-7-5-14(6-8-17)15-3-2-4-16(25)11-15/h2-4,11-12,14,17,19-20,28H,5-10,13H2,1H3,(H,27,30)/t14?,17?,19-,20-/m0/s1. The maximum Gasteiger partial charge on any atom is 0.209 e. The molecule has 1 saturated carbocycles. The number of hydrogen-bond donors (Lipinski definition) is 2. The number of benzene rings is 1. The second-order valence-electron chi connectivity index (χ2n) is 9.00. The Morgan fingerprint density at radius 3 is 2.65 bits per heavy atom. The van der Waals surface area contributed by atoms with Crippen molar-refractivity contribution in [1.82, 2.24) is 9.71 Å². The van der Waals surface area contributed by atoms with Gasteiger partial charge in [0.25, 0.3) is 0 Å². The first-order chi connectivity index (χ1) is 16.1. The first-order valence-corrected chi connectivity index (χ1v) is 13.5. The molecule has 0 amide bonds. The number of halogens is 3. The van der Waals surface area contributed by atoms with Crippen LogP contribution < -0.4 is 9.62 Å². The highest BCUT2D eigenvalue weighted by Gasteiger charge is 2.39. The number of hydrogen-bond acceptors (Lipinski definition) is 6. The fraction of sp³-hybridized carbons (Fsp3) is 0.522. The molecule has 1 aliphatic carbocycles. The molecule has 0 bridgehead atoms. The van der Waals surface area contributed by atoms with E-state index in [4.69, 9.17) is 16.3 Å². The first-order valence-electron chi connectivity index (χ1n) is 11.3. The van der Waals surface area contributed by atoms with Gasteiger partial charge in [0.1, 0.15) is 10.8 Å². The van der Waals surface area contributed by atoms with Gasteiger partial charge < -0.3 is 14.7 Å². The molecule has 7 nitrogen and oxygen atoms in total. The molecule has 4 rings (SSSR count). The van der Waals surface area contributed by atoms with Crippen LogP contribution in [0.5, 0.6) is 5.75 Å². The number of aromatic nitrogens is 1. The normalized spacial score (nSPS) is 25.6. The molecule has 186 valence electrons. The van der Waals surface area contributed by atoms with Crippen LogP contribution in [-0.4, -0.2) is 56.1 Å². The first kappa shape index (κ1) is 25.1. The number of aromatic hydroxyl groups is 1. The fourth-order valence-electron chi connectivity index (χ4n) is 4.94. The van der Waals surface area contributed by atoms with Crippen molar-refractivity contribution < 1.29 is 27.0 Å². The molecule has 2 heterocycles. The van der Waals surface area contributed by atoms with E-state index in [1.165, 1.54) is 6.07 Å². The smallest absolute Gasteiger partial charge is 0.209 e. The maximum atomic E-state index is 14.7. The Kier molecular flexibility index (Phi) is 7.61. The van der Waals surface area contributed by atoms with Crippen LogP contribution in [0, 0.1) is 11.6 Å². The van der Waals surface area contributed by atoms with E-state index >= 15 is 0 Å². The second kappa shape index (κ2) is 10.3. The summed E-state index contributed by atoms with van der Waals surface area (Å²) in [7, 11) is -3.50. The van der Waals surface area contributed by atoms with Gasteiger partial charge in [-0.1, -0.05) is 23.7 Å². The van der Waals surface area contributed by atoms with E-state index in [0.29, 0.717) is 13.0 Å². The Hall–Kier alpha value is -2.01. The largest absolute Gasteiger partial charge is 0.504 e. The van der Waals surface area contributed by atoms with Crippen LogP contribution in [0.2, 0.25) is 5.02 Å². The van der Waals surface area contributed by atoms with Crippen LogP contribution in [0.4, 0.5) is 14.6 Å². The molecule has 2 fully saturated rings. The van der Waals surface area contributed by atoms with Crippen molar-refractivity contribution in [3.63, 3.8) is 0 Å². The maximum absolute atomic E-state index is 14.7. The van der Waals surface area contributed by atoms with Gasteiger partial charge in [-0.25, -0.2) is 22.5 Å². The summed E-state index contributed by atoms with van der Waals surface area (Å²) in [6.45, 7) is 0.492. The van der Waals surface area contributed by atoms with E-state index in [-0.39, 0.29) is 35.3 Å². The van der Waals surface area contributed by atoms with E-state index in [9.17, 15) is 22.3 Å². The van der Waals surface area contributed by atoms with Crippen LogP contribution in [0.3, 0.4) is 0 Å². The van der Waals surface area contributed by atoms with Crippen LogP contribution in [0.15, 0.2) is 30.5 Å². The summed E-state index contributed by atoms with van der Waals surface area (Å²) in [5.41, 5.74) is 0.988. The van der Waals surface area contributed by atoms with E-state index in [2.05, 4.69) is 9.71 Å². The van der Waals surface area contributed by atoms with Crippen molar-refractivity contribution in [3.8, 4) is 5.75 Å². The lowest BCUT2D eigenvalue weighted by Gasteiger charge is -2.33. The summed E-state index contributed by atoms with van der Waals surface area (Å²) in [4.78, 5) is 5.66. The third-order valence-corrected chi connectivity index (χ3v) is 7.62. The molecular formula is C23H28ClF2N3O4S. The summed E-state index contributed by atoms with van der Waals surface area (Å²) < 4.78 is 60.9. The van der Waals surface area contributed by atoms with Crippen LogP contribution in [0.25, 0.3) is 0 Å². The molecule has 2 aromatic rings. The van der Waals surface area contributed by atoms with Crippen molar-refractivity contribution in [3.05, 3.63) is 52.7 Å². The molecule has 1 saturated heterocycles. The lowest BCUT2D eigenvalue weighted by atomic mass is 9.82. The zero-order valence-electron chi connectivity index (χ0n) is 18.8. The number of sulfonamides is 1. The molecule has 2 atom stereocenters. The molecule has 11 heteroatoms. The van der Waals surface area contributed by atoms with Gasteiger partial charge in [0, 0.05) is 12.6 Å². The molecule has 1 aromatic heterocycles. The van der Waals surface area contributed by atoms with Crippen LogP contribution in [-0.2, 0) is 14.8 Å². The van der Waals surface area contributed by atoms with E-state index in [1.807, 2.05) is 6.07 Å². The predicted molar refractivity (Wildman–Crippen MR) is 126 cm³/mol. The van der Waals surface area contributed by atoms with Gasteiger partial charge in [-0.05, 0) is 55.7 Å². The lowest BCUT2D eigenvalue weighted by molar-refractivity contribution is 0.0155. The number of nitrogens with zero attached hydrogens (tertiary/aromatic N) is 2. The predicted octanol–water partition coefficient (Wildman–Crippen LogP) is 3.96. The summed E-state index contributed by atoms with van der Waals surface area (Å²) >= 11 is 5.76. The highest BCUT2D eigenvalue weighted by Crippen LogP contribution is 2.37. The Bertz CT molecular complexity index is 1130. The highest BCUT2D eigenvalue weighted by molar-refractivity contribution is 7.88. The summed E-state index contributed by atoms with van der Waals surface area (Å²) in [5.74, 6) is -1.71. The van der Waals surface area contributed by atoms with Gasteiger partial charge in [-0.2, -0.15) is 4.39 Å². The molecule has 34 heavy (non-hydrogen) atoms. The Morgan fingerprint density at radius 1 is 1.24 bits per heavy atom. The van der Waals surface area contributed by atoms with E-state index < -0.39 is 33.7 Å². The van der Waals surface area contributed by atoms with Gasteiger partial charge in [-0.15, -0.1) is 0 Å². The molecule has 1 aliphatic heterocycles. The average Bonchev–Trinajstić information content (AvgIpc) is 3.17. The number of anilines is 1. The molecule has 2 N–H and O–H groups in total.